The molecule has 1 nitrogen and oxygen atoms in total. The molecule has 0 aromatic rings. The van der Waals surface area contributed by atoms with E-state index in [2.05, 4.69) is 0 Å². The Morgan fingerprint density at radius 3 is 2.40 bits per heavy atom. The molecule has 0 amide bonds. The van der Waals surface area contributed by atoms with Gasteiger partial charge in [-0.05, 0) is 6.92 Å². The first kappa shape index (κ1) is 7.92. The predicted octanol–water partition coefficient (Wildman–Crippen LogP) is 2.07. The fourth-order valence-corrected chi connectivity index (χ4v) is 1.10. The Labute approximate surface area is 59.4 Å². The van der Waals surface area contributed by atoms with Crippen LogP contribution in [0.15, 0.2) is 0 Å². The number of ether oxygens (including phenoxy) is 1. The molecule has 0 N–H and O–H groups in total. The van der Waals surface area contributed by atoms with Crippen molar-refractivity contribution in [2.45, 2.75) is 32.3 Å². The van der Waals surface area contributed by atoms with E-state index in [1.165, 1.54) is 6.92 Å². The molecule has 0 aromatic heterocycles. The first-order valence-electron chi connectivity index (χ1n) is 3.53. The van der Waals surface area contributed by atoms with Gasteiger partial charge in [-0.2, -0.15) is 0 Å². The molecule has 1 fully saturated rings. The summed E-state index contributed by atoms with van der Waals surface area (Å²) in [6.07, 6.45) is -0.429. The summed E-state index contributed by atoms with van der Waals surface area (Å²) in [5.74, 6) is -3.15. The minimum atomic E-state index is -2.52. The SMILES string of the molecule is CC1OCCC(F)(F)C1C. The summed E-state index contributed by atoms with van der Waals surface area (Å²) in [6.45, 7) is 3.42. The molecule has 3 heteroatoms. The summed E-state index contributed by atoms with van der Waals surface area (Å²) >= 11 is 0. The van der Waals surface area contributed by atoms with Gasteiger partial charge in [-0.15, -0.1) is 0 Å². The monoisotopic (exact) mass is 150 g/mol. The van der Waals surface area contributed by atoms with Crippen molar-refractivity contribution in [3.63, 3.8) is 0 Å². The molecule has 2 unspecified atom stereocenters. The van der Waals surface area contributed by atoms with E-state index in [1.807, 2.05) is 0 Å². The van der Waals surface area contributed by atoms with Crippen LogP contribution in [0.5, 0.6) is 0 Å². The average molecular weight is 150 g/mol. The standard InChI is InChI=1S/C7H12F2O/c1-5-6(2)10-4-3-7(5,8)9/h5-6H,3-4H2,1-2H3. The lowest BCUT2D eigenvalue weighted by atomic mass is 9.93. The summed E-state index contributed by atoms with van der Waals surface area (Å²) < 4.78 is 30.6. The second-order valence-corrected chi connectivity index (χ2v) is 2.88. The van der Waals surface area contributed by atoms with Gasteiger partial charge in [0.05, 0.1) is 12.7 Å². The second kappa shape index (κ2) is 2.46. The molecule has 0 saturated carbocycles. The van der Waals surface area contributed by atoms with Gasteiger partial charge in [-0.3, -0.25) is 0 Å². The lowest BCUT2D eigenvalue weighted by Gasteiger charge is -2.33. The Kier molecular flexibility index (Phi) is 1.95. The highest BCUT2D eigenvalue weighted by Crippen LogP contribution is 2.35. The van der Waals surface area contributed by atoms with Crippen LogP contribution < -0.4 is 0 Å². The van der Waals surface area contributed by atoms with Crippen LogP contribution in [0.1, 0.15) is 20.3 Å². The molecule has 1 rings (SSSR count). The lowest BCUT2D eigenvalue weighted by molar-refractivity contribution is -0.165. The number of hydrogen-bond donors (Lipinski definition) is 0. The molecule has 60 valence electrons. The summed E-state index contributed by atoms with van der Waals surface area (Å²) in [5.41, 5.74) is 0. The third-order valence-corrected chi connectivity index (χ3v) is 2.19. The zero-order valence-corrected chi connectivity index (χ0v) is 6.23. The number of rotatable bonds is 0. The van der Waals surface area contributed by atoms with Crippen LogP contribution in [-0.4, -0.2) is 18.6 Å². The molecule has 0 aromatic carbocycles. The van der Waals surface area contributed by atoms with Crippen molar-refractivity contribution in [3.8, 4) is 0 Å². The van der Waals surface area contributed by atoms with Crippen LogP contribution in [0, 0.1) is 5.92 Å². The van der Waals surface area contributed by atoms with E-state index >= 15 is 0 Å². The number of hydrogen-bond acceptors (Lipinski definition) is 1. The topological polar surface area (TPSA) is 9.23 Å². The van der Waals surface area contributed by atoms with Crippen molar-refractivity contribution in [1.82, 2.24) is 0 Å². The van der Waals surface area contributed by atoms with Crippen LogP contribution in [0.3, 0.4) is 0 Å². The van der Waals surface area contributed by atoms with Crippen LogP contribution in [0.2, 0.25) is 0 Å². The van der Waals surface area contributed by atoms with E-state index in [0.717, 1.165) is 0 Å². The van der Waals surface area contributed by atoms with Crippen molar-refractivity contribution in [3.05, 3.63) is 0 Å². The predicted molar refractivity (Wildman–Crippen MR) is 34.1 cm³/mol. The van der Waals surface area contributed by atoms with Gasteiger partial charge < -0.3 is 4.74 Å². The Hall–Kier alpha value is -0.180. The van der Waals surface area contributed by atoms with Crippen LogP contribution in [0.4, 0.5) is 8.78 Å². The van der Waals surface area contributed by atoms with E-state index in [-0.39, 0.29) is 19.1 Å². The Morgan fingerprint density at radius 1 is 1.40 bits per heavy atom. The molecule has 1 aliphatic rings. The Morgan fingerprint density at radius 2 is 2.00 bits per heavy atom. The van der Waals surface area contributed by atoms with Gasteiger partial charge in [-0.25, -0.2) is 8.78 Å². The lowest BCUT2D eigenvalue weighted by Crippen LogP contribution is -2.41. The van der Waals surface area contributed by atoms with Gasteiger partial charge in [0.25, 0.3) is 5.92 Å². The highest BCUT2D eigenvalue weighted by Gasteiger charge is 2.42. The van der Waals surface area contributed by atoms with E-state index in [1.54, 1.807) is 6.92 Å². The molecule has 1 aliphatic heterocycles. The summed E-state index contributed by atoms with van der Waals surface area (Å²) in [6, 6.07) is 0. The first-order valence-corrected chi connectivity index (χ1v) is 3.53. The van der Waals surface area contributed by atoms with Crippen molar-refractivity contribution in [2.75, 3.05) is 6.61 Å². The summed E-state index contributed by atoms with van der Waals surface area (Å²) in [4.78, 5) is 0. The fraction of sp³-hybridized carbons (Fsp3) is 1.00. The molecule has 1 saturated heterocycles. The van der Waals surface area contributed by atoms with Crippen LogP contribution in [-0.2, 0) is 4.74 Å². The van der Waals surface area contributed by atoms with E-state index in [0.29, 0.717) is 0 Å². The first-order chi connectivity index (χ1) is 4.54. The minimum Gasteiger partial charge on any atom is -0.378 e. The van der Waals surface area contributed by atoms with E-state index in [4.69, 9.17) is 4.74 Å². The molecular formula is C7H12F2O. The summed E-state index contributed by atoms with van der Waals surface area (Å²) in [5, 5.41) is 0. The van der Waals surface area contributed by atoms with Gasteiger partial charge in [0.2, 0.25) is 0 Å². The van der Waals surface area contributed by atoms with Crippen molar-refractivity contribution < 1.29 is 13.5 Å². The zero-order valence-electron chi connectivity index (χ0n) is 6.23. The highest BCUT2D eigenvalue weighted by atomic mass is 19.3. The third kappa shape index (κ3) is 1.29. The quantitative estimate of drug-likeness (QED) is 0.513. The van der Waals surface area contributed by atoms with Crippen molar-refractivity contribution in [1.29, 1.82) is 0 Å². The second-order valence-electron chi connectivity index (χ2n) is 2.88. The molecule has 10 heavy (non-hydrogen) atoms. The maximum atomic E-state index is 12.8. The van der Waals surface area contributed by atoms with E-state index in [9.17, 15) is 8.78 Å². The van der Waals surface area contributed by atoms with Crippen molar-refractivity contribution >= 4 is 0 Å². The van der Waals surface area contributed by atoms with Gasteiger partial charge in [0.1, 0.15) is 0 Å². The van der Waals surface area contributed by atoms with E-state index < -0.39 is 11.8 Å². The molecule has 0 bridgehead atoms. The molecular weight excluding hydrogens is 138 g/mol. The molecule has 1 heterocycles. The minimum absolute atomic E-state index is 0.126. The maximum absolute atomic E-state index is 12.8. The third-order valence-electron chi connectivity index (χ3n) is 2.19. The summed E-state index contributed by atoms with van der Waals surface area (Å²) in [7, 11) is 0. The average Bonchev–Trinajstić information content (AvgIpc) is 1.83. The number of halogens is 2. The Balaban J connectivity index is 2.60. The van der Waals surface area contributed by atoms with Crippen LogP contribution >= 0.6 is 0 Å². The molecule has 0 spiro atoms. The Bertz CT molecular complexity index is 125. The molecule has 2 atom stereocenters. The van der Waals surface area contributed by atoms with Crippen molar-refractivity contribution in [2.24, 2.45) is 5.92 Å². The number of alkyl halides is 2. The highest BCUT2D eigenvalue weighted by molar-refractivity contribution is 4.81. The fourth-order valence-electron chi connectivity index (χ4n) is 1.10. The normalized spacial score (nSPS) is 39.6. The largest absolute Gasteiger partial charge is 0.378 e. The molecule has 0 radical (unpaired) electrons. The van der Waals surface area contributed by atoms with Gasteiger partial charge in [0, 0.05) is 12.3 Å². The molecule has 0 aliphatic carbocycles. The van der Waals surface area contributed by atoms with Gasteiger partial charge in [-0.1, -0.05) is 6.92 Å². The maximum Gasteiger partial charge on any atom is 0.255 e. The van der Waals surface area contributed by atoms with Crippen LogP contribution in [0.25, 0.3) is 0 Å². The zero-order chi connectivity index (χ0) is 7.78. The van der Waals surface area contributed by atoms with Gasteiger partial charge >= 0.3 is 0 Å². The smallest absolute Gasteiger partial charge is 0.255 e. The van der Waals surface area contributed by atoms with Gasteiger partial charge in [0.15, 0.2) is 0 Å².